The van der Waals surface area contributed by atoms with Crippen molar-refractivity contribution in [1.29, 1.82) is 0 Å². The molecule has 0 radical (unpaired) electrons. The molecule has 0 fully saturated rings. The van der Waals surface area contributed by atoms with Gasteiger partial charge in [0.15, 0.2) is 23.3 Å². The lowest BCUT2D eigenvalue weighted by Crippen LogP contribution is -2.14. The van der Waals surface area contributed by atoms with Crippen LogP contribution < -0.4 is 0 Å². The van der Waals surface area contributed by atoms with Crippen molar-refractivity contribution in [2.45, 2.75) is 19.3 Å². The third kappa shape index (κ3) is 8.42. The van der Waals surface area contributed by atoms with Crippen molar-refractivity contribution in [1.82, 2.24) is 34.5 Å². The van der Waals surface area contributed by atoms with Gasteiger partial charge in [-0.05, 0) is 89.0 Å². The van der Waals surface area contributed by atoms with Crippen molar-refractivity contribution in [2.75, 3.05) is 0 Å². The zero-order valence-corrected chi connectivity index (χ0v) is 47.2. The number of nitrogens with zero attached hydrogens (tertiary/aromatic N) is 7. The molecule has 16 rings (SSSR count). The van der Waals surface area contributed by atoms with Crippen LogP contribution in [0.25, 0.3) is 150 Å². The van der Waals surface area contributed by atoms with Gasteiger partial charge in [-0.15, -0.1) is 0 Å². The Balaban J connectivity index is 0.770. The Morgan fingerprint density at radius 3 is 1.18 bits per heavy atom. The Hall–Kier alpha value is -10.7. The van der Waals surface area contributed by atoms with Gasteiger partial charge in [-0.3, -0.25) is 4.57 Å². The first-order chi connectivity index (χ1) is 41.8. The van der Waals surface area contributed by atoms with E-state index in [0.29, 0.717) is 29.2 Å². The number of rotatable bonds is 9. The summed E-state index contributed by atoms with van der Waals surface area (Å²) in [5.74, 6) is 2.81. The van der Waals surface area contributed by atoms with Crippen molar-refractivity contribution in [3.63, 3.8) is 0 Å². The predicted molar refractivity (Wildman–Crippen MR) is 349 cm³/mol. The zero-order chi connectivity index (χ0) is 56.8. The van der Waals surface area contributed by atoms with Gasteiger partial charge in [-0.2, -0.15) is 19.9 Å². The molecule has 0 spiro atoms. The SMILES string of the molecule is CC1(C)c2ccccc2-c2c(-c3cccc4c5c6ccccc6c6ccccc6c5n(-c5nc(-c6ccccc6)nc(-c6ccc(-c7ccc(-c8ccc(-c9ccc(-c%10nc(Cl)nc(-c%11ccccc%11)n%10)cc9)cc8)cc7)cc6)n5)c34)cccc21. The van der Waals surface area contributed by atoms with Gasteiger partial charge in [0, 0.05) is 49.4 Å². The number of fused-ring (bicyclic) bond motifs is 11. The van der Waals surface area contributed by atoms with Crippen LogP contribution in [0, 0.1) is 0 Å². The lowest BCUT2D eigenvalue weighted by molar-refractivity contribution is 0.660. The number of hydrogen-bond acceptors (Lipinski definition) is 6. The van der Waals surface area contributed by atoms with Crippen LogP contribution in [0.2, 0.25) is 5.28 Å². The monoisotopic (exact) mass is 1110 g/mol. The van der Waals surface area contributed by atoms with Crippen molar-refractivity contribution >= 4 is 55.0 Å². The summed E-state index contributed by atoms with van der Waals surface area (Å²) in [5.41, 5.74) is 19.7. The Labute approximate surface area is 496 Å². The summed E-state index contributed by atoms with van der Waals surface area (Å²) < 4.78 is 2.34. The summed E-state index contributed by atoms with van der Waals surface area (Å²) in [7, 11) is 0. The molecule has 400 valence electrons. The van der Waals surface area contributed by atoms with Gasteiger partial charge < -0.3 is 0 Å². The number of para-hydroxylation sites is 1. The summed E-state index contributed by atoms with van der Waals surface area (Å²) in [6, 6.07) is 94.5. The van der Waals surface area contributed by atoms with Crippen LogP contribution in [0.3, 0.4) is 0 Å². The largest absolute Gasteiger partial charge is 0.277 e. The van der Waals surface area contributed by atoms with E-state index in [1.54, 1.807) is 0 Å². The van der Waals surface area contributed by atoms with E-state index in [2.05, 4.69) is 235 Å². The van der Waals surface area contributed by atoms with Crippen LogP contribution in [-0.4, -0.2) is 34.5 Å². The first-order valence-corrected chi connectivity index (χ1v) is 29.0. The van der Waals surface area contributed by atoms with Crippen LogP contribution in [0.5, 0.6) is 0 Å². The number of hydrogen-bond donors (Lipinski definition) is 0. The van der Waals surface area contributed by atoms with E-state index in [1.807, 2.05) is 60.7 Å². The molecule has 85 heavy (non-hydrogen) atoms. The molecule has 0 saturated carbocycles. The molecule has 0 saturated heterocycles. The Morgan fingerprint density at radius 2 is 0.647 bits per heavy atom. The van der Waals surface area contributed by atoms with E-state index in [9.17, 15) is 0 Å². The van der Waals surface area contributed by atoms with Crippen LogP contribution >= 0.6 is 11.6 Å². The average molecular weight is 1110 g/mol. The molecule has 8 heteroatoms. The molecular weight excluding hydrogens is 1060 g/mol. The summed E-state index contributed by atoms with van der Waals surface area (Å²) in [5, 5.41) is 7.16. The molecule has 12 aromatic carbocycles. The van der Waals surface area contributed by atoms with Crippen LogP contribution in [-0.2, 0) is 5.41 Å². The third-order valence-electron chi connectivity index (χ3n) is 17.1. The zero-order valence-electron chi connectivity index (χ0n) is 46.4. The van der Waals surface area contributed by atoms with E-state index >= 15 is 0 Å². The molecule has 0 N–H and O–H groups in total. The molecule has 3 heterocycles. The predicted octanol–water partition coefficient (Wildman–Crippen LogP) is 19.8. The van der Waals surface area contributed by atoms with Gasteiger partial charge in [-0.1, -0.05) is 281 Å². The highest BCUT2D eigenvalue weighted by molar-refractivity contribution is 6.33. The topological polar surface area (TPSA) is 82.3 Å². The average Bonchev–Trinajstić information content (AvgIpc) is 1.61. The van der Waals surface area contributed by atoms with Crippen molar-refractivity contribution < 1.29 is 0 Å². The minimum Gasteiger partial charge on any atom is -0.277 e. The van der Waals surface area contributed by atoms with Crippen molar-refractivity contribution in [2.24, 2.45) is 0 Å². The van der Waals surface area contributed by atoms with E-state index in [1.165, 1.54) is 49.4 Å². The Bertz CT molecular complexity index is 5120. The maximum absolute atomic E-state index is 6.37. The number of halogens is 1. The quantitative estimate of drug-likeness (QED) is 0.134. The van der Waals surface area contributed by atoms with Gasteiger partial charge in [0.2, 0.25) is 11.2 Å². The number of aromatic nitrogens is 7. The first-order valence-electron chi connectivity index (χ1n) is 28.6. The highest BCUT2D eigenvalue weighted by atomic mass is 35.5. The second kappa shape index (κ2) is 20.0. The molecular formula is C77H50ClN7. The summed E-state index contributed by atoms with van der Waals surface area (Å²) >= 11 is 6.37. The standard InChI is InChI=1S/C77H50ClN7/c1-77(2)65-29-14-13-25-63(65)67-60(26-16-30-66(67)77)62-27-15-28-64-68-59-23-11-9-21-57(59)58-22-10-12-24-61(58)70(68)85(69(62)64)76-83-73(54-19-7-4-8-20-54)80-74(84-76)56-45-41-52(42-46-56)50-37-33-48(34-38-50)47-31-35-49(36-32-47)51-39-43-55(44-40-51)72-79-71(81-75(78)82-72)53-17-5-3-6-18-53/h3-46H,1-2H3. The lowest BCUT2D eigenvalue weighted by Gasteiger charge is -2.21. The maximum Gasteiger partial charge on any atom is 0.238 e. The number of benzene rings is 12. The Kier molecular flexibility index (Phi) is 11.8. The highest BCUT2D eigenvalue weighted by Crippen LogP contribution is 2.54. The molecule has 0 amide bonds. The molecule has 0 unspecified atom stereocenters. The van der Waals surface area contributed by atoms with E-state index in [0.717, 1.165) is 83.0 Å². The van der Waals surface area contributed by atoms with Gasteiger partial charge in [0.25, 0.3) is 0 Å². The summed E-state index contributed by atoms with van der Waals surface area (Å²) in [6.45, 7) is 4.70. The van der Waals surface area contributed by atoms with E-state index in [-0.39, 0.29) is 10.7 Å². The summed E-state index contributed by atoms with van der Waals surface area (Å²) in [4.78, 5) is 29.9. The normalized spacial score (nSPS) is 12.5. The molecule has 7 nitrogen and oxygen atoms in total. The second-order valence-corrected chi connectivity index (χ2v) is 22.7. The minimum absolute atomic E-state index is 0.162. The Morgan fingerprint density at radius 1 is 0.282 bits per heavy atom. The minimum atomic E-state index is -0.170. The van der Waals surface area contributed by atoms with E-state index in [4.69, 9.17) is 31.5 Å². The highest BCUT2D eigenvalue weighted by Gasteiger charge is 2.37. The van der Waals surface area contributed by atoms with Gasteiger partial charge >= 0.3 is 0 Å². The fourth-order valence-electron chi connectivity index (χ4n) is 13.0. The van der Waals surface area contributed by atoms with Gasteiger partial charge in [-0.25, -0.2) is 9.97 Å². The second-order valence-electron chi connectivity index (χ2n) is 22.3. The molecule has 0 atom stereocenters. The maximum atomic E-state index is 6.37. The fourth-order valence-corrected chi connectivity index (χ4v) is 13.1. The smallest absolute Gasteiger partial charge is 0.238 e. The molecule has 0 aliphatic heterocycles. The van der Waals surface area contributed by atoms with Crippen LogP contribution in [0.4, 0.5) is 0 Å². The molecule has 1 aliphatic rings. The van der Waals surface area contributed by atoms with Gasteiger partial charge in [0.1, 0.15) is 0 Å². The van der Waals surface area contributed by atoms with Crippen molar-refractivity contribution in [3.8, 4) is 107 Å². The third-order valence-corrected chi connectivity index (χ3v) is 17.3. The van der Waals surface area contributed by atoms with Crippen LogP contribution in [0.1, 0.15) is 25.0 Å². The first kappa shape index (κ1) is 50.0. The lowest BCUT2D eigenvalue weighted by atomic mass is 9.82. The van der Waals surface area contributed by atoms with Gasteiger partial charge in [0.05, 0.1) is 11.0 Å². The van der Waals surface area contributed by atoms with Crippen LogP contribution in [0.15, 0.2) is 267 Å². The summed E-state index contributed by atoms with van der Waals surface area (Å²) in [6.07, 6.45) is 0. The van der Waals surface area contributed by atoms with Crippen molar-refractivity contribution in [3.05, 3.63) is 283 Å². The molecule has 0 bridgehead atoms. The molecule has 1 aliphatic carbocycles. The molecule has 15 aromatic rings. The van der Waals surface area contributed by atoms with E-state index < -0.39 is 0 Å². The molecule has 3 aromatic heterocycles. The fraction of sp³-hybridized carbons (Fsp3) is 0.0390.